The molecule has 0 heterocycles. The first-order chi connectivity index (χ1) is 13.0. The normalized spacial score (nSPS) is 11.1. The van der Waals surface area contributed by atoms with Gasteiger partial charge < -0.3 is 20.5 Å². The number of hydrogen-bond donors (Lipinski definition) is 2. The van der Waals surface area contributed by atoms with Gasteiger partial charge in [-0.3, -0.25) is 15.1 Å². The summed E-state index contributed by atoms with van der Waals surface area (Å²) in [7, 11) is 3.15. The number of ether oxygens (including phenoxy) is 2. The van der Waals surface area contributed by atoms with E-state index in [9.17, 15) is 10.1 Å². The molecular weight excluding hydrogens is 348 g/mol. The molecule has 0 bridgehead atoms. The van der Waals surface area contributed by atoms with Crippen LogP contribution < -0.4 is 20.5 Å². The van der Waals surface area contributed by atoms with Crippen LogP contribution in [0.2, 0.25) is 0 Å². The lowest BCUT2D eigenvalue weighted by molar-refractivity contribution is -0.384. The highest BCUT2D eigenvalue weighted by Crippen LogP contribution is 2.29. The molecule has 0 aromatic heterocycles. The number of hydrogen-bond acceptors (Lipinski definition) is 5. The monoisotopic (exact) mass is 372 g/mol. The number of benzene rings is 2. The number of nitrogens with zero attached hydrogens (tertiary/aromatic N) is 2. The predicted octanol–water partition coefficient (Wildman–Crippen LogP) is 3.36. The van der Waals surface area contributed by atoms with Crippen LogP contribution >= 0.6 is 0 Å². The average Bonchev–Trinajstić information content (AvgIpc) is 2.68. The standard InChI is InChI=1S/C19H24N4O4/c1-26-17-11-8-15(13-18(17)27-2)22-19(20)21-12-4-3-5-14-6-9-16(10-7-14)23(24)25/h6-11,13H,3-5,12H2,1-2H3,(H3,20,21,22). The summed E-state index contributed by atoms with van der Waals surface area (Å²) >= 11 is 0. The molecule has 0 fully saturated rings. The van der Waals surface area contributed by atoms with Crippen molar-refractivity contribution in [3.8, 4) is 11.5 Å². The molecule has 8 heteroatoms. The Morgan fingerprint density at radius 1 is 1.11 bits per heavy atom. The van der Waals surface area contributed by atoms with Crippen molar-refractivity contribution >= 4 is 17.3 Å². The molecule has 0 radical (unpaired) electrons. The lowest BCUT2D eigenvalue weighted by Gasteiger charge is -2.10. The van der Waals surface area contributed by atoms with E-state index in [0.29, 0.717) is 24.0 Å². The molecule has 2 aromatic rings. The van der Waals surface area contributed by atoms with Crippen LogP contribution in [0.5, 0.6) is 11.5 Å². The molecule has 27 heavy (non-hydrogen) atoms. The van der Waals surface area contributed by atoms with Crippen LogP contribution in [0.4, 0.5) is 11.4 Å². The first-order valence-electron chi connectivity index (χ1n) is 8.55. The predicted molar refractivity (Wildman–Crippen MR) is 106 cm³/mol. The van der Waals surface area contributed by atoms with Crippen molar-refractivity contribution in [2.24, 2.45) is 10.7 Å². The highest BCUT2D eigenvalue weighted by molar-refractivity contribution is 5.92. The zero-order valence-corrected chi connectivity index (χ0v) is 15.5. The van der Waals surface area contributed by atoms with Gasteiger partial charge in [0, 0.05) is 30.4 Å². The molecule has 0 amide bonds. The molecule has 0 unspecified atom stereocenters. The molecule has 3 N–H and O–H groups in total. The molecule has 0 aliphatic rings. The summed E-state index contributed by atoms with van der Waals surface area (Å²) < 4.78 is 10.4. The number of unbranched alkanes of at least 4 members (excludes halogenated alkanes) is 1. The molecule has 0 spiro atoms. The third-order valence-electron chi connectivity index (χ3n) is 3.96. The van der Waals surface area contributed by atoms with E-state index in [0.717, 1.165) is 30.5 Å². The van der Waals surface area contributed by atoms with Gasteiger partial charge in [-0.25, -0.2) is 0 Å². The zero-order valence-electron chi connectivity index (χ0n) is 15.5. The maximum Gasteiger partial charge on any atom is 0.269 e. The van der Waals surface area contributed by atoms with E-state index in [1.54, 1.807) is 38.5 Å². The fourth-order valence-electron chi connectivity index (χ4n) is 2.53. The van der Waals surface area contributed by atoms with Gasteiger partial charge in [-0.15, -0.1) is 0 Å². The van der Waals surface area contributed by atoms with E-state index in [4.69, 9.17) is 15.2 Å². The first kappa shape index (κ1) is 20.0. The van der Waals surface area contributed by atoms with Gasteiger partial charge >= 0.3 is 0 Å². The largest absolute Gasteiger partial charge is 0.493 e. The Morgan fingerprint density at radius 2 is 1.81 bits per heavy atom. The second-order valence-electron chi connectivity index (χ2n) is 5.84. The fraction of sp³-hybridized carbons (Fsp3) is 0.316. The van der Waals surface area contributed by atoms with Gasteiger partial charge in [-0.05, 0) is 37.0 Å². The van der Waals surface area contributed by atoms with Gasteiger partial charge in [-0.2, -0.15) is 0 Å². The first-order valence-corrected chi connectivity index (χ1v) is 8.55. The van der Waals surface area contributed by atoms with E-state index >= 15 is 0 Å². The van der Waals surface area contributed by atoms with Crippen LogP contribution in [0.1, 0.15) is 18.4 Å². The zero-order chi connectivity index (χ0) is 19.6. The van der Waals surface area contributed by atoms with Crippen LogP contribution in [0.3, 0.4) is 0 Å². The van der Waals surface area contributed by atoms with Crippen molar-refractivity contribution in [1.29, 1.82) is 0 Å². The molecule has 144 valence electrons. The second-order valence-corrected chi connectivity index (χ2v) is 5.84. The Labute approximate surface area is 158 Å². The van der Waals surface area contributed by atoms with Crippen molar-refractivity contribution in [1.82, 2.24) is 0 Å². The molecule has 2 aromatic carbocycles. The molecule has 8 nitrogen and oxygen atoms in total. The van der Waals surface area contributed by atoms with Crippen LogP contribution in [0.15, 0.2) is 47.5 Å². The minimum Gasteiger partial charge on any atom is -0.493 e. The summed E-state index contributed by atoms with van der Waals surface area (Å²) in [5, 5.41) is 13.7. The topological polar surface area (TPSA) is 112 Å². The summed E-state index contributed by atoms with van der Waals surface area (Å²) in [5.74, 6) is 1.58. The number of guanidine groups is 1. The van der Waals surface area contributed by atoms with E-state index in [1.807, 2.05) is 6.07 Å². The Morgan fingerprint density at radius 3 is 2.44 bits per heavy atom. The van der Waals surface area contributed by atoms with Crippen LogP contribution in [-0.2, 0) is 6.42 Å². The van der Waals surface area contributed by atoms with E-state index in [1.165, 1.54) is 12.1 Å². The third kappa shape index (κ3) is 6.18. The third-order valence-corrected chi connectivity index (χ3v) is 3.96. The van der Waals surface area contributed by atoms with Crippen LogP contribution in [-0.4, -0.2) is 31.6 Å². The average molecular weight is 372 g/mol. The summed E-state index contributed by atoms with van der Waals surface area (Å²) in [6.45, 7) is 0.596. The number of nitro groups is 1. The van der Waals surface area contributed by atoms with Crippen molar-refractivity contribution in [3.63, 3.8) is 0 Å². The van der Waals surface area contributed by atoms with Gasteiger partial charge in [0.25, 0.3) is 5.69 Å². The number of non-ortho nitro benzene ring substituents is 1. The van der Waals surface area contributed by atoms with Crippen LogP contribution in [0, 0.1) is 10.1 Å². The Bertz CT molecular complexity index is 791. The molecular formula is C19H24N4O4. The number of nitrogens with one attached hydrogen (secondary N) is 1. The molecule has 0 saturated carbocycles. The van der Waals surface area contributed by atoms with Gasteiger partial charge in [0.1, 0.15) is 0 Å². The number of aryl methyl sites for hydroxylation is 1. The number of methoxy groups -OCH3 is 2. The van der Waals surface area contributed by atoms with Crippen molar-refractivity contribution < 1.29 is 14.4 Å². The van der Waals surface area contributed by atoms with Crippen molar-refractivity contribution in [2.45, 2.75) is 19.3 Å². The summed E-state index contributed by atoms with van der Waals surface area (Å²) in [6, 6.07) is 12.0. The number of aliphatic imine (C=N–C) groups is 1. The Balaban J connectivity index is 1.76. The minimum atomic E-state index is -0.396. The molecule has 0 aliphatic heterocycles. The SMILES string of the molecule is COc1ccc(NC(N)=NCCCCc2ccc([N+](=O)[O-])cc2)cc1OC. The number of nitrogens with two attached hydrogens (primary N) is 1. The summed E-state index contributed by atoms with van der Waals surface area (Å²) in [4.78, 5) is 14.5. The van der Waals surface area contributed by atoms with Gasteiger partial charge in [0.15, 0.2) is 17.5 Å². The highest BCUT2D eigenvalue weighted by atomic mass is 16.6. The lowest BCUT2D eigenvalue weighted by Crippen LogP contribution is -2.22. The van der Waals surface area contributed by atoms with Crippen molar-refractivity contribution in [3.05, 3.63) is 58.1 Å². The fourth-order valence-corrected chi connectivity index (χ4v) is 2.53. The van der Waals surface area contributed by atoms with E-state index in [2.05, 4.69) is 10.3 Å². The van der Waals surface area contributed by atoms with E-state index in [-0.39, 0.29) is 5.69 Å². The van der Waals surface area contributed by atoms with Crippen LogP contribution in [0.25, 0.3) is 0 Å². The maximum absolute atomic E-state index is 10.6. The quantitative estimate of drug-likeness (QED) is 0.229. The maximum atomic E-state index is 10.6. The molecule has 2 rings (SSSR count). The molecule has 0 aliphatic carbocycles. The minimum absolute atomic E-state index is 0.109. The van der Waals surface area contributed by atoms with E-state index < -0.39 is 4.92 Å². The summed E-state index contributed by atoms with van der Waals surface area (Å²) in [6.07, 6.45) is 2.63. The number of rotatable bonds is 9. The smallest absolute Gasteiger partial charge is 0.269 e. The number of anilines is 1. The highest BCUT2D eigenvalue weighted by Gasteiger charge is 2.05. The Kier molecular flexibility index (Phi) is 7.42. The molecule has 0 saturated heterocycles. The van der Waals surface area contributed by atoms with Crippen molar-refractivity contribution in [2.75, 3.05) is 26.1 Å². The lowest BCUT2D eigenvalue weighted by atomic mass is 10.1. The molecule has 0 atom stereocenters. The second kappa shape index (κ2) is 10.0. The van der Waals surface area contributed by atoms with Gasteiger partial charge in [0.2, 0.25) is 0 Å². The number of nitro benzene ring substituents is 1. The Hall–Kier alpha value is -3.29. The van der Waals surface area contributed by atoms with Gasteiger partial charge in [-0.1, -0.05) is 12.1 Å². The van der Waals surface area contributed by atoms with Gasteiger partial charge in [0.05, 0.1) is 19.1 Å². The summed E-state index contributed by atoms with van der Waals surface area (Å²) in [5.41, 5.74) is 7.85.